The number of nitro groups is 1. The summed E-state index contributed by atoms with van der Waals surface area (Å²) in [7, 11) is 0. The highest BCUT2D eigenvalue weighted by Gasteiger charge is 2.29. The standard InChI is InChI=1S/C19H19ClFN3O3/c1-19(2,15-6-4-13(21)9-16(15)20)22-11-18(25)23-8-7-12-3-5-14(24(26)27)10-17(12)23/h3-6,9-10,22H,7-8,11H2,1-2H3. The molecule has 0 saturated carbocycles. The maximum Gasteiger partial charge on any atom is 0.271 e. The van der Waals surface area contributed by atoms with Gasteiger partial charge < -0.3 is 4.90 Å². The molecule has 0 aromatic heterocycles. The van der Waals surface area contributed by atoms with Crippen molar-refractivity contribution >= 4 is 28.9 Å². The van der Waals surface area contributed by atoms with Crippen LogP contribution in [0.1, 0.15) is 25.0 Å². The number of hydrogen-bond donors (Lipinski definition) is 1. The SMILES string of the molecule is CC(C)(NCC(=O)N1CCc2ccc([N+](=O)[O-])cc21)c1ccc(F)cc1Cl. The van der Waals surface area contributed by atoms with Crippen molar-refractivity contribution in [2.45, 2.75) is 25.8 Å². The lowest BCUT2D eigenvalue weighted by Gasteiger charge is -2.29. The van der Waals surface area contributed by atoms with Gasteiger partial charge in [0.25, 0.3) is 5.69 Å². The number of fused-ring (bicyclic) bond motifs is 1. The van der Waals surface area contributed by atoms with Crippen LogP contribution in [0.3, 0.4) is 0 Å². The van der Waals surface area contributed by atoms with Crippen LogP contribution in [0.25, 0.3) is 0 Å². The molecule has 0 fully saturated rings. The van der Waals surface area contributed by atoms with Crippen molar-refractivity contribution < 1.29 is 14.1 Å². The van der Waals surface area contributed by atoms with Gasteiger partial charge in [-0.3, -0.25) is 20.2 Å². The van der Waals surface area contributed by atoms with E-state index >= 15 is 0 Å². The molecule has 27 heavy (non-hydrogen) atoms. The Morgan fingerprint density at radius 3 is 2.74 bits per heavy atom. The molecule has 0 saturated heterocycles. The summed E-state index contributed by atoms with van der Waals surface area (Å²) in [6.45, 7) is 4.20. The monoisotopic (exact) mass is 391 g/mol. The Bertz CT molecular complexity index is 917. The van der Waals surface area contributed by atoms with Crippen LogP contribution in [0.4, 0.5) is 15.8 Å². The molecule has 0 bridgehead atoms. The van der Waals surface area contributed by atoms with Gasteiger partial charge in [0, 0.05) is 29.2 Å². The summed E-state index contributed by atoms with van der Waals surface area (Å²) in [6, 6.07) is 8.72. The van der Waals surface area contributed by atoms with Gasteiger partial charge in [-0.1, -0.05) is 23.7 Å². The van der Waals surface area contributed by atoms with E-state index in [0.717, 1.165) is 5.56 Å². The molecule has 1 aliphatic rings. The van der Waals surface area contributed by atoms with Crippen LogP contribution in [0.2, 0.25) is 5.02 Å². The van der Waals surface area contributed by atoms with Gasteiger partial charge in [0.05, 0.1) is 17.2 Å². The molecule has 142 valence electrons. The lowest BCUT2D eigenvalue weighted by molar-refractivity contribution is -0.384. The summed E-state index contributed by atoms with van der Waals surface area (Å²) < 4.78 is 13.3. The van der Waals surface area contributed by atoms with E-state index in [2.05, 4.69) is 5.32 Å². The molecule has 8 heteroatoms. The van der Waals surface area contributed by atoms with E-state index in [0.29, 0.717) is 24.2 Å². The number of amides is 1. The Morgan fingerprint density at radius 1 is 1.33 bits per heavy atom. The van der Waals surface area contributed by atoms with E-state index in [1.807, 2.05) is 13.8 Å². The fourth-order valence-electron chi connectivity index (χ4n) is 3.22. The number of rotatable bonds is 5. The number of hydrogen-bond acceptors (Lipinski definition) is 4. The molecule has 2 aromatic rings. The van der Waals surface area contributed by atoms with Crippen LogP contribution < -0.4 is 10.2 Å². The van der Waals surface area contributed by atoms with E-state index in [4.69, 9.17) is 11.6 Å². The summed E-state index contributed by atoms with van der Waals surface area (Å²) >= 11 is 6.13. The first-order chi connectivity index (χ1) is 12.7. The maximum atomic E-state index is 13.3. The third kappa shape index (κ3) is 3.94. The number of nitrogens with zero attached hydrogens (tertiary/aromatic N) is 2. The van der Waals surface area contributed by atoms with Gasteiger partial charge in [-0.05, 0) is 43.5 Å². The smallest absolute Gasteiger partial charge is 0.271 e. The summed E-state index contributed by atoms with van der Waals surface area (Å²) in [6.07, 6.45) is 0.659. The Kier molecular flexibility index (Phi) is 5.17. The van der Waals surface area contributed by atoms with E-state index in [-0.39, 0.29) is 23.2 Å². The number of carbonyl (C=O) groups is 1. The first kappa shape index (κ1) is 19.3. The Morgan fingerprint density at radius 2 is 2.07 bits per heavy atom. The Hall–Kier alpha value is -2.51. The van der Waals surface area contributed by atoms with Gasteiger partial charge in [0.1, 0.15) is 5.82 Å². The van der Waals surface area contributed by atoms with Crippen LogP contribution in [0.15, 0.2) is 36.4 Å². The Labute approximate surface area is 161 Å². The van der Waals surface area contributed by atoms with Crippen molar-refractivity contribution in [2.24, 2.45) is 0 Å². The van der Waals surface area contributed by atoms with Crippen molar-refractivity contribution in [3.8, 4) is 0 Å². The highest BCUT2D eigenvalue weighted by atomic mass is 35.5. The average Bonchev–Trinajstić information content (AvgIpc) is 3.02. The molecule has 2 aromatic carbocycles. The summed E-state index contributed by atoms with van der Waals surface area (Å²) in [5, 5.41) is 14.4. The lowest BCUT2D eigenvalue weighted by atomic mass is 9.94. The highest BCUT2D eigenvalue weighted by Crippen LogP contribution is 2.32. The Balaban J connectivity index is 1.74. The summed E-state index contributed by atoms with van der Waals surface area (Å²) in [4.78, 5) is 24.8. The van der Waals surface area contributed by atoms with Gasteiger partial charge in [0.15, 0.2) is 0 Å². The molecule has 1 heterocycles. The number of halogens is 2. The zero-order chi connectivity index (χ0) is 19.8. The fourth-order valence-corrected chi connectivity index (χ4v) is 3.63. The van der Waals surface area contributed by atoms with Crippen molar-refractivity contribution in [3.63, 3.8) is 0 Å². The molecular formula is C19H19ClFN3O3. The largest absolute Gasteiger partial charge is 0.310 e. The van der Waals surface area contributed by atoms with Gasteiger partial charge in [-0.25, -0.2) is 4.39 Å². The summed E-state index contributed by atoms with van der Waals surface area (Å²) in [5.74, 6) is -0.619. The number of carbonyl (C=O) groups excluding carboxylic acids is 1. The molecule has 1 aliphatic heterocycles. The molecule has 0 spiro atoms. The minimum atomic E-state index is -0.661. The quantitative estimate of drug-likeness (QED) is 0.621. The normalized spacial score (nSPS) is 13.6. The zero-order valence-corrected chi connectivity index (χ0v) is 15.7. The third-order valence-electron chi connectivity index (χ3n) is 4.76. The van der Waals surface area contributed by atoms with E-state index in [1.54, 1.807) is 17.0 Å². The van der Waals surface area contributed by atoms with Crippen LogP contribution in [-0.2, 0) is 16.8 Å². The molecule has 0 atom stereocenters. The van der Waals surface area contributed by atoms with Crippen molar-refractivity contribution in [2.75, 3.05) is 18.0 Å². The van der Waals surface area contributed by atoms with Crippen molar-refractivity contribution in [1.82, 2.24) is 5.32 Å². The topological polar surface area (TPSA) is 75.5 Å². The molecule has 1 amide bonds. The first-order valence-electron chi connectivity index (χ1n) is 8.47. The van der Waals surface area contributed by atoms with Gasteiger partial charge >= 0.3 is 0 Å². The van der Waals surface area contributed by atoms with Crippen molar-refractivity contribution in [1.29, 1.82) is 0 Å². The number of nitrogens with one attached hydrogen (secondary N) is 1. The minimum absolute atomic E-state index is 0.0167. The number of non-ortho nitro benzene ring substituents is 1. The second-order valence-electron chi connectivity index (χ2n) is 6.97. The van der Waals surface area contributed by atoms with Gasteiger partial charge in [-0.2, -0.15) is 0 Å². The van der Waals surface area contributed by atoms with E-state index in [1.165, 1.54) is 24.3 Å². The lowest BCUT2D eigenvalue weighted by Crippen LogP contribution is -2.44. The fraction of sp³-hybridized carbons (Fsp3) is 0.316. The number of nitro benzene ring substituents is 1. The molecule has 1 N–H and O–H groups in total. The van der Waals surface area contributed by atoms with Gasteiger partial charge in [0.2, 0.25) is 5.91 Å². The number of benzene rings is 2. The molecule has 0 radical (unpaired) electrons. The second-order valence-corrected chi connectivity index (χ2v) is 7.38. The highest BCUT2D eigenvalue weighted by molar-refractivity contribution is 6.31. The first-order valence-corrected chi connectivity index (χ1v) is 8.85. The zero-order valence-electron chi connectivity index (χ0n) is 15.0. The van der Waals surface area contributed by atoms with Crippen LogP contribution >= 0.6 is 11.6 Å². The average molecular weight is 392 g/mol. The second kappa shape index (κ2) is 7.25. The van der Waals surface area contributed by atoms with Crippen molar-refractivity contribution in [3.05, 3.63) is 68.5 Å². The van der Waals surface area contributed by atoms with Crippen LogP contribution in [0.5, 0.6) is 0 Å². The minimum Gasteiger partial charge on any atom is -0.310 e. The third-order valence-corrected chi connectivity index (χ3v) is 5.08. The molecular weight excluding hydrogens is 373 g/mol. The molecule has 0 unspecified atom stereocenters. The predicted octanol–water partition coefficient (Wildman–Crippen LogP) is 3.80. The molecule has 0 aliphatic carbocycles. The number of anilines is 1. The van der Waals surface area contributed by atoms with E-state index < -0.39 is 16.3 Å². The summed E-state index contributed by atoms with van der Waals surface area (Å²) in [5.41, 5.74) is 1.46. The van der Waals surface area contributed by atoms with E-state index in [9.17, 15) is 19.3 Å². The van der Waals surface area contributed by atoms with Crippen LogP contribution in [0, 0.1) is 15.9 Å². The van der Waals surface area contributed by atoms with Gasteiger partial charge in [-0.15, -0.1) is 0 Å². The predicted molar refractivity (Wildman–Crippen MR) is 102 cm³/mol. The van der Waals surface area contributed by atoms with Crippen LogP contribution in [-0.4, -0.2) is 23.9 Å². The molecule has 6 nitrogen and oxygen atoms in total. The molecule has 3 rings (SSSR count). The maximum absolute atomic E-state index is 13.3.